The number of hydrogen-bond donors (Lipinski definition) is 0. The molecule has 4 aromatic rings. The second-order valence-electron chi connectivity index (χ2n) is 6.28. The summed E-state index contributed by atoms with van der Waals surface area (Å²) in [4.78, 5) is 24.3. The summed E-state index contributed by atoms with van der Waals surface area (Å²) in [5.41, 5.74) is 3.21. The van der Waals surface area contributed by atoms with Crippen molar-refractivity contribution in [2.75, 3.05) is 14.2 Å². The molecule has 0 N–H and O–H groups in total. The van der Waals surface area contributed by atoms with E-state index in [-0.39, 0.29) is 0 Å². The second-order valence-corrected chi connectivity index (χ2v) is 7.28. The summed E-state index contributed by atoms with van der Waals surface area (Å²) < 4.78 is 6.60. The summed E-state index contributed by atoms with van der Waals surface area (Å²) in [6.07, 6.45) is 4.89. The number of ether oxygens (including phenoxy) is 1. The summed E-state index contributed by atoms with van der Waals surface area (Å²) in [7, 11) is 3.38. The molecule has 0 aliphatic carbocycles. The average molecular weight is 394 g/mol. The molecule has 0 aliphatic heterocycles. The van der Waals surface area contributed by atoms with Gasteiger partial charge in [0, 0.05) is 25.5 Å². The SMILES string of the molecule is COC(=O)c1sc2nccnc2c1-n1nncc1CN(C)Cc1ccccc1. The maximum absolute atomic E-state index is 12.3. The van der Waals surface area contributed by atoms with Crippen molar-refractivity contribution in [2.24, 2.45) is 0 Å². The largest absolute Gasteiger partial charge is 0.465 e. The minimum absolute atomic E-state index is 0.404. The normalized spacial score (nSPS) is 11.2. The van der Waals surface area contributed by atoms with Gasteiger partial charge in [0.25, 0.3) is 0 Å². The van der Waals surface area contributed by atoms with Crippen LogP contribution in [0.4, 0.5) is 0 Å². The molecule has 0 spiro atoms. The van der Waals surface area contributed by atoms with Crippen molar-refractivity contribution in [3.8, 4) is 5.69 Å². The minimum atomic E-state index is -0.445. The van der Waals surface area contributed by atoms with Gasteiger partial charge in [-0.05, 0) is 12.6 Å². The van der Waals surface area contributed by atoms with E-state index >= 15 is 0 Å². The number of carbonyl (C=O) groups excluding carboxylic acids is 1. The van der Waals surface area contributed by atoms with E-state index in [1.165, 1.54) is 24.0 Å². The Balaban J connectivity index is 1.70. The number of esters is 1. The highest BCUT2D eigenvalue weighted by atomic mass is 32.1. The van der Waals surface area contributed by atoms with Crippen LogP contribution >= 0.6 is 11.3 Å². The predicted molar refractivity (Wildman–Crippen MR) is 105 cm³/mol. The molecule has 0 saturated carbocycles. The van der Waals surface area contributed by atoms with Crippen molar-refractivity contribution in [1.29, 1.82) is 0 Å². The number of fused-ring (bicyclic) bond motifs is 1. The van der Waals surface area contributed by atoms with Crippen LogP contribution in [-0.2, 0) is 17.8 Å². The van der Waals surface area contributed by atoms with Crippen molar-refractivity contribution in [3.63, 3.8) is 0 Å². The van der Waals surface area contributed by atoms with Crippen LogP contribution in [0, 0.1) is 0 Å². The molecule has 0 radical (unpaired) electrons. The minimum Gasteiger partial charge on any atom is -0.465 e. The third-order valence-electron chi connectivity index (χ3n) is 4.23. The number of carbonyl (C=O) groups is 1. The predicted octanol–water partition coefficient (Wildman–Crippen LogP) is 2.69. The smallest absolute Gasteiger partial charge is 0.350 e. The molecule has 0 bridgehead atoms. The molecule has 0 aliphatic rings. The van der Waals surface area contributed by atoms with E-state index in [2.05, 4.69) is 37.3 Å². The van der Waals surface area contributed by atoms with Crippen molar-refractivity contribution in [1.82, 2.24) is 29.9 Å². The van der Waals surface area contributed by atoms with Gasteiger partial charge in [0.1, 0.15) is 20.9 Å². The lowest BCUT2D eigenvalue weighted by Crippen LogP contribution is -2.20. The van der Waals surface area contributed by atoms with Crippen molar-refractivity contribution in [2.45, 2.75) is 13.1 Å². The zero-order chi connectivity index (χ0) is 19.5. The lowest BCUT2D eigenvalue weighted by molar-refractivity contribution is 0.0606. The van der Waals surface area contributed by atoms with Gasteiger partial charge in [0.05, 0.1) is 19.0 Å². The fraction of sp³-hybridized carbons (Fsp3) is 0.211. The third-order valence-corrected chi connectivity index (χ3v) is 5.29. The summed E-state index contributed by atoms with van der Waals surface area (Å²) in [5, 5.41) is 8.28. The van der Waals surface area contributed by atoms with Gasteiger partial charge >= 0.3 is 5.97 Å². The van der Waals surface area contributed by atoms with Crippen LogP contribution in [0.5, 0.6) is 0 Å². The van der Waals surface area contributed by atoms with E-state index in [0.717, 1.165) is 12.2 Å². The van der Waals surface area contributed by atoms with Gasteiger partial charge in [-0.1, -0.05) is 35.5 Å². The molecule has 142 valence electrons. The molecule has 0 fully saturated rings. The Morgan fingerprint density at radius 3 is 2.75 bits per heavy atom. The highest BCUT2D eigenvalue weighted by molar-refractivity contribution is 7.20. The molecule has 8 nitrogen and oxygen atoms in total. The standard InChI is InChI=1S/C19H18N6O2S/c1-24(11-13-6-4-3-5-7-13)12-14-10-22-23-25(14)16-15-18(21-9-8-20-15)28-17(16)19(26)27-2/h3-10H,11-12H2,1-2H3. The highest BCUT2D eigenvalue weighted by Crippen LogP contribution is 2.32. The van der Waals surface area contributed by atoms with Crippen molar-refractivity contribution in [3.05, 3.63) is 65.1 Å². The van der Waals surface area contributed by atoms with Crippen molar-refractivity contribution < 1.29 is 9.53 Å². The quantitative estimate of drug-likeness (QED) is 0.465. The maximum atomic E-state index is 12.3. The zero-order valence-corrected chi connectivity index (χ0v) is 16.3. The van der Waals surface area contributed by atoms with E-state index in [9.17, 15) is 4.79 Å². The summed E-state index contributed by atoms with van der Waals surface area (Å²) in [6, 6.07) is 10.2. The van der Waals surface area contributed by atoms with Gasteiger partial charge < -0.3 is 4.74 Å². The van der Waals surface area contributed by atoms with Crippen LogP contribution in [0.15, 0.2) is 48.9 Å². The Morgan fingerprint density at radius 1 is 1.18 bits per heavy atom. The molecule has 9 heteroatoms. The Morgan fingerprint density at radius 2 is 1.96 bits per heavy atom. The molecule has 28 heavy (non-hydrogen) atoms. The summed E-state index contributed by atoms with van der Waals surface area (Å²) >= 11 is 1.23. The molecule has 0 atom stereocenters. The monoisotopic (exact) mass is 394 g/mol. The lowest BCUT2D eigenvalue weighted by Gasteiger charge is -2.17. The number of aromatic nitrogens is 5. The summed E-state index contributed by atoms with van der Waals surface area (Å²) in [5.74, 6) is -0.445. The van der Waals surface area contributed by atoms with Gasteiger partial charge in [-0.25, -0.2) is 19.4 Å². The van der Waals surface area contributed by atoms with E-state index in [1.807, 2.05) is 25.2 Å². The molecule has 0 amide bonds. The molecule has 4 rings (SSSR count). The first-order chi connectivity index (χ1) is 13.7. The number of nitrogens with zero attached hydrogens (tertiary/aromatic N) is 6. The Bertz CT molecular complexity index is 1110. The van der Waals surface area contributed by atoms with Crippen LogP contribution in [0.3, 0.4) is 0 Å². The molecule has 3 aromatic heterocycles. The van der Waals surface area contributed by atoms with Crippen LogP contribution in [0.2, 0.25) is 0 Å². The number of rotatable bonds is 6. The number of thiophene rings is 1. The Labute approximate surface area is 165 Å². The molecule has 0 saturated heterocycles. The second kappa shape index (κ2) is 7.83. The van der Waals surface area contributed by atoms with Gasteiger partial charge in [-0.3, -0.25) is 4.90 Å². The molecule has 1 aromatic carbocycles. The van der Waals surface area contributed by atoms with E-state index < -0.39 is 5.97 Å². The molecular formula is C19H18N6O2S. The van der Waals surface area contributed by atoms with Crippen molar-refractivity contribution >= 4 is 27.7 Å². The van der Waals surface area contributed by atoms with E-state index in [0.29, 0.717) is 27.5 Å². The maximum Gasteiger partial charge on any atom is 0.350 e. The third kappa shape index (κ3) is 3.49. The number of hydrogen-bond acceptors (Lipinski definition) is 8. The topological polar surface area (TPSA) is 86.0 Å². The molecule has 3 heterocycles. The first-order valence-corrected chi connectivity index (χ1v) is 9.43. The van der Waals surface area contributed by atoms with Crippen LogP contribution in [-0.4, -0.2) is 50.0 Å². The van der Waals surface area contributed by atoms with E-state index in [1.54, 1.807) is 23.3 Å². The Hall–Kier alpha value is -3.17. The zero-order valence-electron chi connectivity index (χ0n) is 15.4. The average Bonchev–Trinajstić information content (AvgIpc) is 3.31. The van der Waals surface area contributed by atoms with Gasteiger partial charge in [0.15, 0.2) is 0 Å². The Kier molecular flexibility index (Phi) is 5.09. The van der Waals surface area contributed by atoms with Gasteiger partial charge in [0.2, 0.25) is 0 Å². The summed E-state index contributed by atoms with van der Waals surface area (Å²) in [6.45, 7) is 1.38. The lowest BCUT2D eigenvalue weighted by atomic mass is 10.2. The number of benzene rings is 1. The van der Waals surface area contributed by atoms with Crippen LogP contribution in [0.1, 0.15) is 20.9 Å². The molecule has 0 unspecified atom stereocenters. The fourth-order valence-corrected chi connectivity index (χ4v) is 4.02. The number of methoxy groups -OCH3 is 1. The van der Waals surface area contributed by atoms with E-state index in [4.69, 9.17) is 4.74 Å². The first kappa shape index (κ1) is 18.2. The fourth-order valence-electron chi connectivity index (χ4n) is 3.02. The van der Waals surface area contributed by atoms with Crippen LogP contribution in [0.25, 0.3) is 16.0 Å². The van der Waals surface area contributed by atoms with Gasteiger partial charge in [-0.2, -0.15) is 0 Å². The first-order valence-electron chi connectivity index (χ1n) is 8.61. The van der Waals surface area contributed by atoms with Crippen LogP contribution < -0.4 is 0 Å². The van der Waals surface area contributed by atoms with Gasteiger partial charge in [-0.15, -0.1) is 16.4 Å². The highest BCUT2D eigenvalue weighted by Gasteiger charge is 2.25. The molecular weight excluding hydrogens is 376 g/mol.